The van der Waals surface area contributed by atoms with E-state index in [9.17, 15) is 13.2 Å². The lowest BCUT2D eigenvalue weighted by molar-refractivity contribution is -0.114. The summed E-state index contributed by atoms with van der Waals surface area (Å²) < 4.78 is 37.7. The molecule has 1 amide bonds. The molecule has 1 aromatic rings. The summed E-state index contributed by atoms with van der Waals surface area (Å²) in [6, 6.07) is 4.34. The first-order valence-corrected chi connectivity index (χ1v) is 9.16. The molecule has 0 atom stereocenters. The highest BCUT2D eigenvalue weighted by molar-refractivity contribution is 7.89. The van der Waals surface area contributed by atoms with Gasteiger partial charge in [0.25, 0.3) is 0 Å². The van der Waals surface area contributed by atoms with E-state index in [-0.39, 0.29) is 10.8 Å². The Bertz CT molecular complexity index is 672. The Hall–Kier alpha value is -1.68. The van der Waals surface area contributed by atoms with Crippen molar-refractivity contribution in [3.8, 4) is 5.75 Å². The summed E-state index contributed by atoms with van der Waals surface area (Å²) in [6.07, 6.45) is 0. The molecule has 1 aliphatic rings. The van der Waals surface area contributed by atoms with Crippen LogP contribution in [0.3, 0.4) is 0 Å². The lowest BCUT2D eigenvalue weighted by atomic mass is 10.3. The molecule has 2 N–H and O–H groups in total. The summed E-state index contributed by atoms with van der Waals surface area (Å²) in [4.78, 5) is 13.4. The maximum Gasteiger partial charge on any atom is 0.240 e. The van der Waals surface area contributed by atoms with Crippen LogP contribution >= 0.6 is 0 Å². The van der Waals surface area contributed by atoms with E-state index in [2.05, 4.69) is 14.9 Å². The highest BCUT2D eigenvalue weighted by Crippen LogP contribution is 2.27. The van der Waals surface area contributed by atoms with Gasteiger partial charge < -0.3 is 14.8 Å². The molecule has 0 bridgehead atoms. The zero-order valence-electron chi connectivity index (χ0n) is 13.9. The number of morpholine rings is 1. The molecule has 0 aliphatic carbocycles. The summed E-state index contributed by atoms with van der Waals surface area (Å²) in [7, 11) is -2.22. The molecule has 8 nitrogen and oxygen atoms in total. The van der Waals surface area contributed by atoms with E-state index >= 15 is 0 Å². The molecule has 1 heterocycles. The van der Waals surface area contributed by atoms with Gasteiger partial charge in [-0.1, -0.05) is 0 Å². The minimum atomic E-state index is -3.64. The van der Waals surface area contributed by atoms with E-state index in [1.807, 2.05) is 0 Å². The molecule has 1 saturated heterocycles. The smallest absolute Gasteiger partial charge is 0.240 e. The SMILES string of the molecule is COc1cc(S(=O)(=O)NCCN2CCOCC2)ccc1NC(C)=O. The maximum atomic E-state index is 12.4. The minimum Gasteiger partial charge on any atom is -0.495 e. The average Bonchev–Trinajstić information content (AvgIpc) is 2.55. The van der Waals surface area contributed by atoms with E-state index in [4.69, 9.17) is 9.47 Å². The molecule has 1 aliphatic heterocycles. The third-order valence-corrected chi connectivity index (χ3v) is 5.08. The van der Waals surface area contributed by atoms with Crippen molar-refractivity contribution in [3.63, 3.8) is 0 Å². The average molecular weight is 357 g/mol. The predicted octanol–water partition coefficient (Wildman–Crippen LogP) is 0.264. The largest absolute Gasteiger partial charge is 0.495 e. The van der Waals surface area contributed by atoms with Crippen molar-refractivity contribution in [2.45, 2.75) is 11.8 Å². The second kappa shape index (κ2) is 8.43. The van der Waals surface area contributed by atoms with Gasteiger partial charge in [0.1, 0.15) is 5.75 Å². The number of nitrogens with one attached hydrogen (secondary N) is 2. The number of carbonyl (C=O) groups is 1. The Labute approximate surface area is 142 Å². The Morgan fingerprint density at radius 2 is 2.04 bits per heavy atom. The van der Waals surface area contributed by atoms with Crippen molar-refractivity contribution < 1.29 is 22.7 Å². The molecular weight excluding hydrogens is 334 g/mol. The summed E-state index contributed by atoms with van der Waals surface area (Å²) in [6.45, 7) is 5.28. The Balaban J connectivity index is 2.01. The van der Waals surface area contributed by atoms with Gasteiger partial charge in [-0.25, -0.2) is 13.1 Å². The van der Waals surface area contributed by atoms with E-state index in [1.54, 1.807) is 0 Å². The monoisotopic (exact) mass is 357 g/mol. The Morgan fingerprint density at radius 1 is 1.33 bits per heavy atom. The summed E-state index contributed by atoms with van der Waals surface area (Å²) in [5, 5.41) is 2.59. The van der Waals surface area contributed by atoms with Gasteiger partial charge in [-0.15, -0.1) is 0 Å². The molecule has 9 heteroatoms. The molecule has 1 aromatic carbocycles. The third kappa shape index (κ3) is 5.17. The quantitative estimate of drug-likeness (QED) is 0.727. The van der Waals surface area contributed by atoms with E-state index in [0.717, 1.165) is 13.1 Å². The molecule has 1 fully saturated rings. The number of anilines is 1. The van der Waals surface area contributed by atoms with Crippen LogP contribution in [0.4, 0.5) is 5.69 Å². The van der Waals surface area contributed by atoms with E-state index in [1.165, 1.54) is 32.2 Å². The number of amides is 1. The molecule has 2 rings (SSSR count). The fourth-order valence-corrected chi connectivity index (χ4v) is 3.41. The molecule has 0 unspecified atom stereocenters. The molecule has 134 valence electrons. The zero-order valence-corrected chi connectivity index (χ0v) is 14.7. The van der Waals surface area contributed by atoms with Crippen molar-refractivity contribution in [1.29, 1.82) is 0 Å². The van der Waals surface area contributed by atoms with Gasteiger partial charge in [-0.05, 0) is 12.1 Å². The number of hydrogen-bond donors (Lipinski definition) is 2. The van der Waals surface area contributed by atoms with Crippen LogP contribution in [0.5, 0.6) is 5.75 Å². The number of methoxy groups -OCH3 is 1. The normalized spacial score (nSPS) is 15.9. The molecule has 0 saturated carbocycles. The number of benzene rings is 1. The van der Waals surface area contributed by atoms with Gasteiger partial charge in [-0.3, -0.25) is 9.69 Å². The first-order valence-electron chi connectivity index (χ1n) is 7.68. The first-order chi connectivity index (χ1) is 11.4. The highest BCUT2D eigenvalue weighted by Gasteiger charge is 2.18. The third-order valence-electron chi connectivity index (χ3n) is 3.62. The van der Waals surface area contributed by atoms with Crippen molar-refractivity contribution in [2.75, 3.05) is 51.8 Å². The molecule has 0 spiro atoms. The molecule has 0 radical (unpaired) electrons. The Morgan fingerprint density at radius 3 is 2.67 bits per heavy atom. The van der Waals surface area contributed by atoms with Gasteiger partial charge in [0, 0.05) is 39.2 Å². The lowest BCUT2D eigenvalue weighted by Crippen LogP contribution is -2.41. The number of ether oxygens (including phenoxy) is 2. The van der Waals surface area contributed by atoms with Crippen LogP contribution in [0.1, 0.15) is 6.92 Å². The van der Waals surface area contributed by atoms with Gasteiger partial charge in [0.15, 0.2) is 0 Å². The maximum absolute atomic E-state index is 12.4. The zero-order chi connectivity index (χ0) is 17.6. The van der Waals surface area contributed by atoms with Gasteiger partial charge in [0.05, 0.1) is 30.9 Å². The van der Waals surface area contributed by atoms with Crippen LogP contribution in [-0.4, -0.2) is 65.7 Å². The van der Waals surface area contributed by atoms with Crippen molar-refractivity contribution in [3.05, 3.63) is 18.2 Å². The summed E-state index contributed by atoms with van der Waals surface area (Å²) in [5.41, 5.74) is 0.428. The van der Waals surface area contributed by atoms with Crippen molar-refractivity contribution in [2.24, 2.45) is 0 Å². The summed E-state index contributed by atoms with van der Waals surface area (Å²) in [5.74, 6) is 0.0359. The number of hydrogen-bond acceptors (Lipinski definition) is 6. The van der Waals surface area contributed by atoms with Crippen LogP contribution < -0.4 is 14.8 Å². The fourth-order valence-electron chi connectivity index (χ4n) is 2.38. The highest BCUT2D eigenvalue weighted by atomic mass is 32.2. The van der Waals surface area contributed by atoms with Crippen LogP contribution in [-0.2, 0) is 19.6 Å². The minimum absolute atomic E-state index is 0.0930. The van der Waals surface area contributed by atoms with Crippen LogP contribution in [0, 0.1) is 0 Å². The number of rotatable bonds is 7. The van der Waals surface area contributed by atoms with Gasteiger partial charge in [-0.2, -0.15) is 0 Å². The summed E-state index contributed by atoms with van der Waals surface area (Å²) >= 11 is 0. The van der Waals surface area contributed by atoms with E-state index < -0.39 is 10.0 Å². The Kier molecular flexibility index (Phi) is 6.55. The van der Waals surface area contributed by atoms with Gasteiger partial charge >= 0.3 is 0 Å². The van der Waals surface area contributed by atoms with Gasteiger partial charge in [0.2, 0.25) is 15.9 Å². The van der Waals surface area contributed by atoms with Crippen molar-refractivity contribution >= 4 is 21.6 Å². The van der Waals surface area contributed by atoms with Crippen LogP contribution in [0.25, 0.3) is 0 Å². The number of sulfonamides is 1. The van der Waals surface area contributed by atoms with Crippen molar-refractivity contribution in [1.82, 2.24) is 9.62 Å². The standard InChI is InChI=1S/C15H23N3O5S/c1-12(19)17-14-4-3-13(11-15(14)22-2)24(20,21)16-5-6-18-7-9-23-10-8-18/h3-4,11,16H,5-10H2,1-2H3,(H,17,19). The molecule has 0 aromatic heterocycles. The topological polar surface area (TPSA) is 97.0 Å². The predicted molar refractivity (Wildman–Crippen MR) is 89.7 cm³/mol. The lowest BCUT2D eigenvalue weighted by Gasteiger charge is -2.26. The second-order valence-corrected chi connectivity index (χ2v) is 7.16. The first kappa shape index (κ1) is 18.7. The second-order valence-electron chi connectivity index (χ2n) is 5.40. The van der Waals surface area contributed by atoms with Crippen LogP contribution in [0.2, 0.25) is 0 Å². The van der Waals surface area contributed by atoms with E-state index in [0.29, 0.717) is 37.7 Å². The molecule has 24 heavy (non-hydrogen) atoms. The fraction of sp³-hybridized carbons (Fsp3) is 0.533. The number of nitrogens with zero attached hydrogens (tertiary/aromatic N) is 1. The molecular formula is C15H23N3O5S. The number of carbonyl (C=O) groups excluding carboxylic acids is 1. The van der Waals surface area contributed by atoms with Crippen LogP contribution in [0.15, 0.2) is 23.1 Å².